The van der Waals surface area contributed by atoms with E-state index in [2.05, 4.69) is 5.32 Å². The van der Waals surface area contributed by atoms with Gasteiger partial charge in [-0.3, -0.25) is 4.79 Å². The molecule has 1 aromatic rings. The van der Waals surface area contributed by atoms with Gasteiger partial charge in [0.25, 0.3) is 0 Å². The second kappa shape index (κ2) is 7.45. The van der Waals surface area contributed by atoms with Crippen molar-refractivity contribution in [2.75, 3.05) is 5.75 Å². The fourth-order valence-corrected chi connectivity index (χ4v) is 2.59. The molecule has 0 saturated carbocycles. The van der Waals surface area contributed by atoms with E-state index in [0.29, 0.717) is 10.6 Å². The highest BCUT2D eigenvalue weighted by Gasteiger charge is 2.32. The highest BCUT2D eigenvalue weighted by molar-refractivity contribution is 7.99. The fraction of sp³-hybridized carbons (Fsp3) is 0.467. The summed E-state index contributed by atoms with van der Waals surface area (Å²) < 4.78 is 13.4. The number of nitrogens with one attached hydrogen (secondary N) is 1. The van der Waals surface area contributed by atoms with Crippen molar-refractivity contribution in [2.45, 2.75) is 38.1 Å². The highest BCUT2D eigenvalue weighted by Crippen LogP contribution is 2.22. The van der Waals surface area contributed by atoms with E-state index in [-0.39, 0.29) is 18.1 Å². The Bertz CT molecular complexity index is 514. The summed E-state index contributed by atoms with van der Waals surface area (Å²) in [5.74, 6) is -1.33. The molecule has 4 nitrogen and oxygen atoms in total. The second-order valence-electron chi connectivity index (χ2n) is 5.73. The Morgan fingerprint density at radius 2 is 1.95 bits per heavy atom. The maximum Gasteiger partial charge on any atom is 0.326 e. The van der Waals surface area contributed by atoms with Gasteiger partial charge in [0.05, 0.1) is 0 Å². The summed E-state index contributed by atoms with van der Waals surface area (Å²) in [5.41, 5.74) is -0.569. The third kappa shape index (κ3) is 5.75. The summed E-state index contributed by atoms with van der Waals surface area (Å²) in [4.78, 5) is 23.4. The second-order valence-corrected chi connectivity index (χ2v) is 6.87. The number of hydrogen-bond acceptors (Lipinski definition) is 3. The molecule has 1 rings (SSSR count). The van der Waals surface area contributed by atoms with Crippen molar-refractivity contribution < 1.29 is 19.1 Å². The first-order valence-corrected chi connectivity index (χ1v) is 7.60. The van der Waals surface area contributed by atoms with Crippen LogP contribution in [0.1, 0.15) is 27.2 Å². The number of benzene rings is 1. The van der Waals surface area contributed by atoms with Crippen molar-refractivity contribution >= 4 is 23.6 Å². The Balaban J connectivity index is 2.47. The van der Waals surface area contributed by atoms with Gasteiger partial charge in [0.15, 0.2) is 0 Å². The molecular formula is C15H20FNO3S. The number of thioether (sulfide) groups is 1. The summed E-state index contributed by atoms with van der Waals surface area (Å²) in [6, 6.07) is 5.40. The van der Waals surface area contributed by atoms with Crippen LogP contribution in [0.25, 0.3) is 0 Å². The topological polar surface area (TPSA) is 66.4 Å². The van der Waals surface area contributed by atoms with Gasteiger partial charge in [0.2, 0.25) is 5.91 Å². The van der Waals surface area contributed by atoms with Crippen LogP contribution in [0.15, 0.2) is 29.2 Å². The number of rotatable bonds is 6. The van der Waals surface area contributed by atoms with E-state index in [9.17, 15) is 14.0 Å². The normalized spacial score (nSPS) is 12.8. The van der Waals surface area contributed by atoms with Gasteiger partial charge in [-0.15, -0.1) is 11.8 Å². The van der Waals surface area contributed by atoms with Crippen molar-refractivity contribution in [2.24, 2.45) is 5.41 Å². The van der Waals surface area contributed by atoms with Gasteiger partial charge in [-0.25, -0.2) is 9.18 Å². The van der Waals surface area contributed by atoms with Crippen molar-refractivity contribution in [3.63, 3.8) is 0 Å². The number of carbonyl (C=O) groups excluding carboxylic acids is 1. The maximum absolute atomic E-state index is 13.4. The zero-order valence-corrected chi connectivity index (χ0v) is 13.2. The Kier molecular flexibility index (Phi) is 6.20. The predicted molar refractivity (Wildman–Crippen MR) is 80.8 cm³/mol. The predicted octanol–water partition coefficient (Wildman–Crippen LogP) is 2.92. The van der Waals surface area contributed by atoms with E-state index in [1.807, 2.05) is 0 Å². The Morgan fingerprint density at radius 3 is 2.48 bits per heavy atom. The first-order chi connectivity index (χ1) is 9.71. The molecule has 1 unspecified atom stereocenters. The molecule has 6 heteroatoms. The van der Waals surface area contributed by atoms with Crippen LogP contribution in [0.2, 0.25) is 0 Å². The zero-order chi connectivity index (χ0) is 16.0. The van der Waals surface area contributed by atoms with Crippen molar-refractivity contribution in [1.29, 1.82) is 0 Å². The molecule has 116 valence electrons. The number of carboxylic acids is 1. The van der Waals surface area contributed by atoms with Crippen LogP contribution < -0.4 is 5.32 Å². The maximum atomic E-state index is 13.4. The largest absolute Gasteiger partial charge is 0.480 e. The van der Waals surface area contributed by atoms with E-state index >= 15 is 0 Å². The lowest BCUT2D eigenvalue weighted by molar-refractivity contribution is -0.144. The third-order valence-electron chi connectivity index (χ3n) is 2.84. The number of halogens is 1. The lowest BCUT2D eigenvalue weighted by atomic mass is 9.87. The van der Waals surface area contributed by atoms with Gasteiger partial charge in [-0.1, -0.05) is 32.9 Å². The molecule has 0 heterocycles. The molecule has 0 spiro atoms. The van der Waals surface area contributed by atoms with E-state index in [0.717, 1.165) is 0 Å². The Morgan fingerprint density at radius 1 is 1.33 bits per heavy atom. The molecule has 0 fully saturated rings. The average molecular weight is 313 g/mol. The summed E-state index contributed by atoms with van der Waals surface area (Å²) in [5, 5.41) is 11.6. The number of aliphatic carboxylic acids is 1. The third-order valence-corrected chi connectivity index (χ3v) is 3.89. The van der Waals surface area contributed by atoms with E-state index in [1.54, 1.807) is 39.0 Å². The minimum atomic E-state index is -1.06. The SMILES string of the molecule is CC(C)(C)C(NC(=O)CCSc1ccccc1F)C(=O)O. The molecule has 1 aromatic carbocycles. The molecule has 0 aliphatic heterocycles. The summed E-state index contributed by atoms with van der Waals surface area (Å²) in [6.45, 7) is 5.25. The van der Waals surface area contributed by atoms with Gasteiger partial charge in [0, 0.05) is 17.1 Å². The van der Waals surface area contributed by atoms with Crippen molar-refractivity contribution in [3.05, 3.63) is 30.1 Å². The minimum absolute atomic E-state index is 0.138. The summed E-state index contributed by atoms with van der Waals surface area (Å²) in [7, 11) is 0. The van der Waals surface area contributed by atoms with Gasteiger partial charge in [-0.2, -0.15) is 0 Å². The molecule has 0 aromatic heterocycles. The Hall–Kier alpha value is -1.56. The van der Waals surface area contributed by atoms with Crippen LogP contribution in [0.4, 0.5) is 4.39 Å². The van der Waals surface area contributed by atoms with Crippen molar-refractivity contribution in [3.8, 4) is 0 Å². The zero-order valence-electron chi connectivity index (χ0n) is 12.4. The van der Waals surface area contributed by atoms with Crippen LogP contribution in [0, 0.1) is 11.2 Å². The van der Waals surface area contributed by atoms with Crippen LogP contribution in [0.3, 0.4) is 0 Å². The molecule has 1 amide bonds. The van der Waals surface area contributed by atoms with Crippen LogP contribution in [0.5, 0.6) is 0 Å². The Labute approximate surface area is 128 Å². The molecule has 0 saturated heterocycles. The number of carboxylic acid groups (broad SMARTS) is 1. The fourth-order valence-electron chi connectivity index (χ4n) is 1.70. The van der Waals surface area contributed by atoms with E-state index in [1.165, 1.54) is 17.8 Å². The first kappa shape index (κ1) is 17.5. The highest BCUT2D eigenvalue weighted by atomic mass is 32.2. The number of carbonyl (C=O) groups is 2. The minimum Gasteiger partial charge on any atom is -0.480 e. The van der Waals surface area contributed by atoms with Gasteiger partial charge in [0.1, 0.15) is 11.9 Å². The smallest absolute Gasteiger partial charge is 0.326 e. The standard InChI is InChI=1S/C15H20FNO3S/c1-15(2,3)13(14(19)20)17-12(18)8-9-21-11-7-5-4-6-10(11)16/h4-7,13H,8-9H2,1-3H3,(H,17,18)(H,19,20). The number of amides is 1. The molecule has 0 aliphatic rings. The molecule has 21 heavy (non-hydrogen) atoms. The van der Waals surface area contributed by atoms with E-state index in [4.69, 9.17) is 5.11 Å². The van der Waals surface area contributed by atoms with Crippen LogP contribution in [-0.4, -0.2) is 28.8 Å². The first-order valence-electron chi connectivity index (χ1n) is 6.61. The average Bonchev–Trinajstić information content (AvgIpc) is 2.36. The van der Waals surface area contributed by atoms with Gasteiger partial charge < -0.3 is 10.4 Å². The molecular weight excluding hydrogens is 293 g/mol. The van der Waals surface area contributed by atoms with Gasteiger partial charge in [-0.05, 0) is 17.5 Å². The van der Waals surface area contributed by atoms with Crippen molar-refractivity contribution in [1.82, 2.24) is 5.32 Å². The lowest BCUT2D eigenvalue weighted by Crippen LogP contribution is -2.49. The van der Waals surface area contributed by atoms with Gasteiger partial charge >= 0.3 is 5.97 Å². The van der Waals surface area contributed by atoms with Crippen LogP contribution >= 0.6 is 11.8 Å². The molecule has 0 aliphatic carbocycles. The molecule has 2 N–H and O–H groups in total. The molecule has 0 bridgehead atoms. The summed E-state index contributed by atoms with van der Waals surface area (Å²) >= 11 is 1.24. The number of hydrogen-bond donors (Lipinski definition) is 2. The lowest BCUT2D eigenvalue weighted by Gasteiger charge is -2.27. The van der Waals surface area contributed by atoms with Crippen LogP contribution in [-0.2, 0) is 9.59 Å². The molecule has 0 radical (unpaired) electrons. The molecule has 1 atom stereocenters. The van der Waals surface area contributed by atoms with E-state index < -0.39 is 17.4 Å². The monoisotopic (exact) mass is 313 g/mol. The quantitative estimate of drug-likeness (QED) is 0.793. The summed E-state index contributed by atoms with van der Waals surface area (Å²) in [6.07, 6.45) is 0.138.